The summed E-state index contributed by atoms with van der Waals surface area (Å²) in [6.45, 7) is 10.4. The van der Waals surface area contributed by atoms with Crippen LogP contribution < -0.4 is 5.43 Å². The summed E-state index contributed by atoms with van der Waals surface area (Å²) >= 11 is 13.5. The summed E-state index contributed by atoms with van der Waals surface area (Å²) in [6, 6.07) is 9.35. The van der Waals surface area contributed by atoms with E-state index in [1.807, 2.05) is 0 Å². The Balaban J connectivity index is 1.41. The van der Waals surface area contributed by atoms with Crippen LogP contribution in [0, 0.1) is 5.92 Å². The van der Waals surface area contributed by atoms with Crippen molar-refractivity contribution < 1.29 is 67.4 Å². The van der Waals surface area contributed by atoms with Crippen molar-refractivity contribution in [2.75, 3.05) is 0 Å². The van der Waals surface area contributed by atoms with Gasteiger partial charge in [0.2, 0.25) is 5.43 Å². The van der Waals surface area contributed by atoms with Gasteiger partial charge in [0.1, 0.15) is 26.4 Å². The van der Waals surface area contributed by atoms with Crippen molar-refractivity contribution in [2.45, 2.75) is 135 Å². The maximum absolute atomic E-state index is 15.1. The Morgan fingerprint density at radius 3 is 2.25 bits per heavy atom. The summed E-state index contributed by atoms with van der Waals surface area (Å²) in [5, 5.41) is 36.7. The van der Waals surface area contributed by atoms with Gasteiger partial charge in [0.15, 0.2) is 40.9 Å². The molecule has 19 heteroatoms. The third kappa shape index (κ3) is 9.13. The van der Waals surface area contributed by atoms with E-state index < -0.39 is 88.8 Å². The number of benzene rings is 3. The van der Waals surface area contributed by atoms with Crippen molar-refractivity contribution in [3.05, 3.63) is 92.9 Å². The SMILES string of the molecule is C/C=C(/C)C(=O)O[C@H]1C(C)=C2[C@H]([C@@H]1OC(=O)CCCCCCC)[C@@](C)(OC(C)=O)C[C@H](OC(=O)c1ccccc1-c1c3cc(Br)c(=O)c(Br)c-3oc3c(Br)c(O)c(Br)cc13)[C@@]1(O)[C@H]2OC(=O)[C@@]1(C)O. The summed E-state index contributed by atoms with van der Waals surface area (Å²) in [5.41, 5.74) is -6.66. The van der Waals surface area contributed by atoms with Crippen LogP contribution in [-0.4, -0.2) is 86.4 Å². The van der Waals surface area contributed by atoms with Gasteiger partial charge in [-0.3, -0.25) is 14.4 Å². The number of ether oxygens (including phenoxy) is 5. The average molecular weight is 1210 g/mol. The molecule has 0 aromatic heterocycles. The first-order valence-electron chi connectivity index (χ1n) is 22.3. The van der Waals surface area contributed by atoms with E-state index in [-0.39, 0.29) is 69.3 Å². The number of fused-ring (bicyclic) bond motifs is 5. The van der Waals surface area contributed by atoms with Crippen LogP contribution in [0.4, 0.5) is 0 Å². The first-order valence-corrected chi connectivity index (χ1v) is 25.5. The van der Waals surface area contributed by atoms with Gasteiger partial charge in [-0.15, -0.1) is 0 Å². The van der Waals surface area contributed by atoms with Gasteiger partial charge < -0.3 is 43.4 Å². The normalized spacial score (nSPS) is 26.6. The molecule has 15 nitrogen and oxygen atoms in total. The van der Waals surface area contributed by atoms with E-state index in [1.54, 1.807) is 31.2 Å². The Hall–Kier alpha value is -4.40. The maximum atomic E-state index is 15.1. The Bertz CT molecular complexity index is 2880. The van der Waals surface area contributed by atoms with Crippen LogP contribution in [0.2, 0.25) is 0 Å². The van der Waals surface area contributed by atoms with Gasteiger partial charge in [0.05, 0.1) is 20.4 Å². The molecule has 3 N–H and O–H groups in total. The van der Waals surface area contributed by atoms with Crippen LogP contribution in [0.3, 0.4) is 0 Å². The van der Waals surface area contributed by atoms with Gasteiger partial charge >= 0.3 is 29.8 Å². The van der Waals surface area contributed by atoms with E-state index in [0.717, 1.165) is 39.5 Å². The second-order valence-electron chi connectivity index (χ2n) is 18.0. The number of hydrogen-bond acceptors (Lipinski definition) is 15. The lowest BCUT2D eigenvalue weighted by Crippen LogP contribution is -2.64. The number of phenols is 1. The minimum atomic E-state index is -2.84. The first kappa shape index (κ1) is 52.4. The van der Waals surface area contributed by atoms with Crippen LogP contribution in [0.5, 0.6) is 5.75 Å². The smallest absolute Gasteiger partial charge is 0.341 e. The number of rotatable bonds is 13. The zero-order valence-electron chi connectivity index (χ0n) is 38.6. The van der Waals surface area contributed by atoms with Crippen molar-refractivity contribution in [3.63, 3.8) is 0 Å². The summed E-state index contributed by atoms with van der Waals surface area (Å²) in [6.07, 6.45) is -1.53. The number of aromatic hydroxyl groups is 1. The number of halogens is 4. The molecule has 7 rings (SSSR count). The molecule has 1 saturated carbocycles. The molecule has 1 saturated heterocycles. The van der Waals surface area contributed by atoms with Crippen molar-refractivity contribution in [3.8, 4) is 28.2 Å². The number of esters is 5. The van der Waals surface area contributed by atoms with E-state index in [0.29, 0.717) is 22.9 Å². The third-order valence-electron chi connectivity index (χ3n) is 13.5. The second kappa shape index (κ2) is 20.0. The molecule has 3 aliphatic carbocycles. The minimum Gasteiger partial charge on any atom is -0.505 e. The van der Waals surface area contributed by atoms with E-state index in [1.165, 1.54) is 39.0 Å². The average Bonchev–Trinajstić information content (AvgIpc) is 3.63. The van der Waals surface area contributed by atoms with Crippen LogP contribution in [0.15, 0.2) is 86.3 Å². The monoisotopic (exact) mass is 1210 g/mol. The third-order valence-corrected chi connectivity index (χ3v) is 16.1. The fourth-order valence-electron chi connectivity index (χ4n) is 9.83. The molecule has 69 heavy (non-hydrogen) atoms. The van der Waals surface area contributed by atoms with E-state index in [4.69, 9.17) is 28.1 Å². The quantitative estimate of drug-likeness (QED) is 0.0283. The van der Waals surface area contributed by atoms with Gasteiger partial charge in [0.25, 0.3) is 0 Å². The number of carbonyl (C=O) groups is 5. The van der Waals surface area contributed by atoms with E-state index in [9.17, 15) is 39.3 Å². The van der Waals surface area contributed by atoms with Gasteiger partial charge in [-0.05, 0) is 140 Å². The molecule has 0 radical (unpaired) electrons. The lowest BCUT2D eigenvalue weighted by molar-refractivity contribution is -0.200. The van der Waals surface area contributed by atoms with Crippen LogP contribution >= 0.6 is 63.7 Å². The standard InChI is InChI=1S/C50H50Br4O15/c1-8-10-11-12-13-18-32(56)65-43-35-33(23(4)40(43)67-45(59)22(3)9-2)44-50(63,49(7,62)47(61)68-44)31(21-48(35,6)69-24(5)55)64-46(60)26-17-15-14-16-25(26)34-27-19-29(51)38(57)36(53)41(27)66-42-28(34)20-30(52)39(58)37(42)54/h9,14-17,19-20,31,35,40,43-44,57,62-63H,8,10-13,18,21H2,1-7H3/b22-9-/t31-,35+,40-,43-,44-,48-,49+,50+/m0/s1. The number of unbranched alkanes of at least 4 members (excludes halogenated alkanes) is 4. The molecular formula is C50H50Br4O15. The zero-order valence-corrected chi connectivity index (χ0v) is 45.0. The van der Waals surface area contributed by atoms with Crippen molar-refractivity contribution >= 4 is 105 Å². The predicted molar refractivity (Wildman–Crippen MR) is 265 cm³/mol. The number of aliphatic hydroxyl groups is 2. The fourth-order valence-corrected chi connectivity index (χ4v) is 12.2. The van der Waals surface area contributed by atoms with E-state index in [2.05, 4.69) is 70.6 Å². The predicted octanol–water partition coefficient (Wildman–Crippen LogP) is 10.1. The number of carbonyl (C=O) groups excluding carboxylic acids is 5. The number of allylic oxidation sites excluding steroid dienone is 1. The lowest BCUT2D eigenvalue weighted by Gasteiger charge is -2.42. The molecule has 2 aliphatic heterocycles. The second-order valence-corrected chi connectivity index (χ2v) is 21.3. The van der Waals surface area contributed by atoms with Gasteiger partial charge in [-0.25, -0.2) is 14.4 Å². The highest BCUT2D eigenvalue weighted by molar-refractivity contribution is 9.11. The molecule has 368 valence electrons. The molecule has 0 spiro atoms. The van der Waals surface area contributed by atoms with Crippen molar-refractivity contribution in [2.24, 2.45) is 5.92 Å². The molecular weight excluding hydrogens is 1160 g/mol. The van der Waals surface area contributed by atoms with Gasteiger partial charge in [-0.1, -0.05) is 56.9 Å². The van der Waals surface area contributed by atoms with Crippen molar-refractivity contribution in [1.82, 2.24) is 0 Å². The highest BCUT2D eigenvalue weighted by Gasteiger charge is 2.76. The molecule has 5 aliphatic rings. The molecule has 2 fully saturated rings. The zero-order chi connectivity index (χ0) is 50.7. The Labute approximate surface area is 430 Å². The molecule has 2 aromatic rings. The fraction of sp³-hybridized carbons (Fsp3) is 0.440. The highest BCUT2D eigenvalue weighted by Crippen LogP contribution is 2.58. The van der Waals surface area contributed by atoms with Crippen LogP contribution in [0.25, 0.3) is 33.4 Å². The summed E-state index contributed by atoms with van der Waals surface area (Å²) < 4.78 is 37.5. The Morgan fingerprint density at radius 1 is 0.899 bits per heavy atom. The molecule has 0 unspecified atom stereocenters. The lowest BCUT2D eigenvalue weighted by atomic mass is 9.75. The highest BCUT2D eigenvalue weighted by atomic mass is 79.9. The number of hydrogen-bond donors (Lipinski definition) is 3. The molecule has 2 heterocycles. The minimum absolute atomic E-state index is 0.00202. The number of phenolic OH excluding ortho intramolecular Hbond substituents is 1. The maximum Gasteiger partial charge on any atom is 0.341 e. The molecule has 2 aromatic carbocycles. The van der Waals surface area contributed by atoms with Gasteiger partial charge in [0, 0.05) is 41.9 Å². The molecule has 0 amide bonds. The topological polar surface area (TPSA) is 222 Å². The Morgan fingerprint density at radius 2 is 1.58 bits per heavy atom. The Kier molecular flexibility index (Phi) is 15.2. The largest absolute Gasteiger partial charge is 0.505 e. The molecule has 8 atom stereocenters. The van der Waals surface area contributed by atoms with E-state index >= 15 is 4.79 Å². The van der Waals surface area contributed by atoms with Crippen LogP contribution in [-0.2, 0) is 42.9 Å². The van der Waals surface area contributed by atoms with Gasteiger partial charge in [-0.2, -0.15) is 0 Å². The molecule has 0 bridgehead atoms. The summed E-state index contributed by atoms with van der Waals surface area (Å²) in [7, 11) is 0. The summed E-state index contributed by atoms with van der Waals surface area (Å²) in [5.74, 6) is -6.06. The first-order chi connectivity index (χ1) is 32.4. The summed E-state index contributed by atoms with van der Waals surface area (Å²) in [4.78, 5) is 82.8. The van der Waals surface area contributed by atoms with Crippen molar-refractivity contribution in [1.29, 1.82) is 0 Å². The van der Waals surface area contributed by atoms with Crippen LogP contribution in [0.1, 0.15) is 104 Å².